The van der Waals surface area contributed by atoms with Crippen molar-refractivity contribution in [1.29, 1.82) is 0 Å². The molecule has 0 bridgehead atoms. The monoisotopic (exact) mass is 399 g/mol. The smallest absolute Gasteiger partial charge is 0.371 e. The third kappa shape index (κ3) is 4.05. The van der Waals surface area contributed by atoms with Crippen molar-refractivity contribution in [3.63, 3.8) is 0 Å². The van der Waals surface area contributed by atoms with Gasteiger partial charge < -0.3 is 10.2 Å². The summed E-state index contributed by atoms with van der Waals surface area (Å²) in [6.45, 7) is -7.31. The van der Waals surface area contributed by atoms with Crippen molar-refractivity contribution in [3.8, 4) is 5.82 Å². The zero-order valence-corrected chi connectivity index (χ0v) is 13.9. The molecule has 1 aliphatic rings. The first-order chi connectivity index (χ1) is 17.2. The van der Waals surface area contributed by atoms with Gasteiger partial charge in [-0.05, 0) is 37.3 Å². The molecule has 1 N–H and O–H groups in total. The quantitative estimate of drug-likeness (QED) is 0.719. The van der Waals surface area contributed by atoms with E-state index in [1.807, 2.05) is 0 Å². The second-order valence-corrected chi connectivity index (χ2v) is 5.40. The highest BCUT2D eigenvalue weighted by Crippen LogP contribution is 2.35. The summed E-state index contributed by atoms with van der Waals surface area (Å²) in [4.78, 5) is 11.6. The molecule has 0 atom stereocenters. The maximum absolute atomic E-state index is 13.8. The minimum Gasteiger partial charge on any atom is -0.371 e. The van der Waals surface area contributed by atoms with E-state index in [9.17, 15) is 13.2 Å². The van der Waals surface area contributed by atoms with E-state index in [-0.39, 0.29) is 16.7 Å². The summed E-state index contributed by atoms with van der Waals surface area (Å²) in [7, 11) is 0. The van der Waals surface area contributed by atoms with Crippen LogP contribution in [0.3, 0.4) is 0 Å². The van der Waals surface area contributed by atoms with E-state index in [1.165, 1.54) is 24.9 Å². The lowest BCUT2D eigenvalue weighted by Crippen LogP contribution is -2.29. The summed E-state index contributed by atoms with van der Waals surface area (Å²) in [5, 5.41) is 6.49. The molecule has 1 aliphatic heterocycles. The number of hydrogen-bond donors (Lipinski definition) is 1. The van der Waals surface area contributed by atoms with Gasteiger partial charge in [0.25, 0.3) is 0 Å². The molecule has 28 heavy (non-hydrogen) atoms. The van der Waals surface area contributed by atoms with Crippen LogP contribution in [-0.4, -0.2) is 37.7 Å². The van der Waals surface area contributed by atoms with Crippen LogP contribution in [0.4, 0.5) is 30.5 Å². The number of nitrogens with one attached hydrogen (secondary N) is 1. The molecule has 10 heteroatoms. The lowest BCUT2D eigenvalue weighted by molar-refractivity contribution is -0.137. The first-order valence-corrected chi connectivity index (χ1v) is 7.73. The van der Waals surface area contributed by atoms with Crippen molar-refractivity contribution < 1.29 is 26.9 Å². The number of anilines is 3. The normalized spacial score (nSPS) is 29.2. The second-order valence-electron chi connectivity index (χ2n) is 5.40. The Morgan fingerprint density at radius 3 is 2.57 bits per heavy atom. The van der Waals surface area contributed by atoms with Gasteiger partial charge >= 0.3 is 6.18 Å². The predicted molar refractivity (Wildman–Crippen MR) is 97.7 cm³/mol. The van der Waals surface area contributed by atoms with Crippen molar-refractivity contribution in [2.45, 2.75) is 25.3 Å². The summed E-state index contributed by atoms with van der Waals surface area (Å²) < 4.78 is 123. The number of aromatic nitrogens is 5. The van der Waals surface area contributed by atoms with E-state index in [1.54, 1.807) is 0 Å². The van der Waals surface area contributed by atoms with E-state index >= 15 is 0 Å². The number of halogens is 3. The summed E-state index contributed by atoms with van der Waals surface area (Å²) >= 11 is 0. The molecule has 7 nitrogen and oxygen atoms in total. The molecule has 0 amide bonds. The van der Waals surface area contributed by atoms with Gasteiger partial charge in [0.05, 0.1) is 11.8 Å². The summed E-state index contributed by atoms with van der Waals surface area (Å²) in [6.07, 6.45) is -10.9. The number of hydrogen-bond acceptors (Lipinski definition) is 6. The maximum Gasteiger partial charge on any atom is 0.416 e. The number of nitrogens with zero attached hydrogens (tertiary/aromatic N) is 6. The zero-order chi connectivity index (χ0) is 28.5. The van der Waals surface area contributed by atoms with Gasteiger partial charge in [0.15, 0.2) is 5.82 Å². The molecular weight excluding hydrogens is 371 g/mol. The van der Waals surface area contributed by atoms with Crippen LogP contribution in [0.5, 0.6) is 0 Å². The van der Waals surface area contributed by atoms with Gasteiger partial charge in [-0.2, -0.15) is 22.8 Å². The fraction of sp³-hybridized carbons (Fsp3) is 0.333. The zero-order valence-electron chi connectivity index (χ0n) is 23.9. The Bertz CT molecular complexity index is 1320. The van der Waals surface area contributed by atoms with Crippen LogP contribution < -0.4 is 10.2 Å². The standard InChI is InChI=1S/C18H18F3N7/c19-18(20,21)13-8-14(10-15(9-13)27-6-2-1-3-7-27)25-17-24-12-28(26-17)16-11-22-4-5-23-16/h4-5,8-12H,1-3,6-7H2,(H,25,26)/i1D2,2D2,3D2,6D2,7D2. The average molecular weight is 399 g/mol. The van der Waals surface area contributed by atoms with Gasteiger partial charge in [0, 0.05) is 50.5 Å². The summed E-state index contributed by atoms with van der Waals surface area (Å²) in [5.74, 6) is -0.0150. The molecule has 2 aromatic heterocycles. The van der Waals surface area contributed by atoms with Crippen molar-refractivity contribution in [2.24, 2.45) is 0 Å². The Labute approximate surface area is 173 Å². The van der Waals surface area contributed by atoms with Gasteiger partial charge in [0.2, 0.25) is 5.95 Å². The lowest BCUT2D eigenvalue weighted by atomic mass is 10.1. The van der Waals surface area contributed by atoms with Gasteiger partial charge in [-0.15, -0.1) is 5.10 Å². The molecular formula is C18H18F3N7. The van der Waals surface area contributed by atoms with E-state index in [0.717, 1.165) is 10.7 Å². The van der Waals surface area contributed by atoms with Crippen LogP contribution >= 0.6 is 0 Å². The molecule has 0 radical (unpaired) electrons. The highest BCUT2D eigenvalue weighted by atomic mass is 19.4. The first-order valence-electron chi connectivity index (χ1n) is 12.7. The number of rotatable bonds is 4. The van der Waals surface area contributed by atoms with Crippen LogP contribution in [0.25, 0.3) is 5.82 Å². The fourth-order valence-corrected chi connectivity index (χ4v) is 2.30. The Morgan fingerprint density at radius 1 is 1.04 bits per heavy atom. The van der Waals surface area contributed by atoms with Crippen molar-refractivity contribution >= 4 is 17.3 Å². The predicted octanol–water partition coefficient (Wildman–Crippen LogP) is 3.81. The van der Waals surface area contributed by atoms with Crippen molar-refractivity contribution in [2.75, 3.05) is 23.2 Å². The topological polar surface area (TPSA) is 71.8 Å². The molecule has 0 aliphatic carbocycles. The molecule has 1 saturated heterocycles. The third-order valence-corrected chi connectivity index (χ3v) is 3.50. The van der Waals surface area contributed by atoms with Crippen LogP contribution in [0.15, 0.2) is 43.1 Å². The molecule has 0 spiro atoms. The molecule has 3 aromatic rings. The van der Waals surface area contributed by atoms with E-state index in [0.29, 0.717) is 12.1 Å². The van der Waals surface area contributed by atoms with E-state index in [2.05, 4.69) is 25.4 Å². The van der Waals surface area contributed by atoms with Crippen LogP contribution in [0, 0.1) is 0 Å². The first kappa shape index (κ1) is 9.85. The Kier molecular flexibility index (Phi) is 2.62. The van der Waals surface area contributed by atoms with E-state index < -0.39 is 55.2 Å². The fourth-order valence-electron chi connectivity index (χ4n) is 2.30. The number of benzene rings is 1. The van der Waals surface area contributed by atoms with E-state index in [4.69, 9.17) is 13.7 Å². The largest absolute Gasteiger partial charge is 0.416 e. The Morgan fingerprint density at radius 2 is 1.86 bits per heavy atom. The summed E-state index contributed by atoms with van der Waals surface area (Å²) in [5.41, 5.74) is -2.74. The Balaban J connectivity index is 1.85. The molecule has 1 aromatic carbocycles. The van der Waals surface area contributed by atoms with Crippen LogP contribution in [0.1, 0.15) is 38.4 Å². The molecule has 0 unspecified atom stereocenters. The molecule has 4 rings (SSSR count). The van der Waals surface area contributed by atoms with Gasteiger partial charge in [-0.3, -0.25) is 4.98 Å². The second kappa shape index (κ2) is 7.45. The third-order valence-electron chi connectivity index (χ3n) is 3.50. The van der Waals surface area contributed by atoms with Gasteiger partial charge in [-0.1, -0.05) is 0 Å². The highest BCUT2D eigenvalue weighted by molar-refractivity contribution is 5.64. The minimum atomic E-state index is -5.04. The van der Waals surface area contributed by atoms with Gasteiger partial charge in [-0.25, -0.2) is 4.98 Å². The van der Waals surface area contributed by atoms with Crippen LogP contribution in [0.2, 0.25) is 0 Å². The minimum absolute atomic E-state index is 0.145. The molecule has 1 fully saturated rings. The molecule has 3 heterocycles. The molecule has 146 valence electrons. The summed E-state index contributed by atoms with van der Waals surface area (Å²) in [6, 6.07) is 1.73. The SMILES string of the molecule is [2H]C1([2H])N(c2cc(Nc3ncn(-c4cnccn4)n3)cc(C(F)(F)F)c2)C([2H])([2H])C([2H])([2H])C([2H])([2H])C1([2H])[2H]. The van der Waals surface area contributed by atoms with Crippen molar-refractivity contribution in [1.82, 2.24) is 24.7 Å². The number of piperidine rings is 1. The van der Waals surface area contributed by atoms with Gasteiger partial charge in [0.1, 0.15) is 6.33 Å². The van der Waals surface area contributed by atoms with Crippen LogP contribution in [-0.2, 0) is 6.18 Å². The molecule has 0 saturated carbocycles. The Hall–Kier alpha value is -3.17. The maximum atomic E-state index is 13.8. The number of alkyl halides is 3. The highest BCUT2D eigenvalue weighted by Gasteiger charge is 2.32. The average Bonchev–Trinajstić information content (AvgIpc) is 3.26. The lowest BCUT2D eigenvalue weighted by Gasteiger charge is -2.29. The van der Waals surface area contributed by atoms with Crippen molar-refractivity contribution in [3.05, 3.63) is 48.7 Å².